The van der Waals surface area contributed by atoms with Gasteiger partial charge in [-0.1, -0.05) is 37.6 Å². The number of benzene rings is 1. The summed E-state index contributed by atoms with van der Waals surface area (Å²) in [6, 6.07) is 7.23. The van der Waals surface area contributed by atoms with Crippen molar-refractivity contribution in [1.82, 2.24) is 20.1 Å². The number of carbonyl (C=O) groups is 1. The Morgan fingerprint density at radius 3 is 2.96 bits per heavy atom. The van der Waals surface area contributed by atoms with Crippen LogP contribution in [0.3, 0.4) is 0 Å². The van der Waals surface area contributed by atoms with Crippen molar-refractivity contribution in [3.8, 4) is 0 Å². The van der Waals surface area contributed by atoms with E-state index in [1.165, 1.54) is 6.08 Å². The number of carbonyl (C=O) groups excluding carboxylic acids is 1. The van der Waals surface area contributed by atoms with E-state index < -0.39 is 0 Å². The van der Waals surface area contributed by atoms with Gasteiger partial charge in [-0.3, -0.25) is 4.79 Å². The standard InChI is InChI=1S/C18H21ClN4O/c1-12(2)17(18-22-21-15-7-4-10-23(15)18)20-16(24)9-8-13-5-3-6-14(19)11-13/h3,5-6,8-9,11-12,17H,4,7,10H2,1-2H3,(H,20,24)/b9-8+/t17-/m1/s1. The molecule has 0 saturated heterocycles. The first-order valence-electron chi connectivity index (χ1n) is 8.20. The predicted molar refractivity (Wildman–Crippen MR) is 94.6 cm³/mol. The molecular formula is C18H21ClN4O. The second-order valence-corrected chi connectivity index (χ2v) is 6.78. The Morgan fingerprint density at radius 2 is 2.21 bits per heavy atom. The second kappa shape index (κ2) is 7.18. The molecule has 1 amide bonds. The van der Waals surface area contributed by atoms with Gasteiger partial charge < -0.3 is 9.88 Å². The highest BCUT2D eigenvalue weighted by Gasteiger charge is 2.27. The quantitative estimate of drug-likeness (QED) is 0.845. The minimum atomic E-state index is -0.152. The van der Waals surface area contributed by atoms with E-state index in [2.05, 4.69) is 33.9 Å². The van der Waals surface area contributed by atoms with Crippen molar-refractivity contribution >= 4 is 23.6 Å². The van der Waals surface area contributed by atoms with Crippen LogP contribution in [-0.4, -0.2) is 20.7 Å². The molecule has 0 unspecified atom stereocenters. The first-order chi connectivity index (χ1) is 11.5. The van der Waals surface area contributed by atoms with Gasteiger partial charge in [0.2, 0.25) is 5.91 Å². The highest BCUT2D eigenvalue weighted by Crippen LogP contribution is 2.24. The molecule has 1 aliphatic heterocycles. The van der Waals surface area contributed by atoms with Crippen LogP contribution in [0, 0.1) is 5.92 Å². The van der Waals surface area contributed by atoms with Crippen LogP contribution in [0.2, 0.25) is 5.02 Å². The lowest BCUT2D eigenvalue weighted by Crippen LogP contribution is -2.32. The van der Waals surface area contributed by atoms with E-state index in [1.54, 1.807) is 12.1 Å². The third kappa shape index (κ3) is 3.67. The lowest BCUT2D eigenvalue weighted by atomic mass is 10.0. The summed E-state index contributed by atoms with van der Waals surface area (Å²) in [5.41, 5.74) is 0.891. The lowest BCUT2D eigenvalue weighted by molar-refractivity contribution is -0.117. The third-order valence-electron chi connectivity index (χ3n) is 4.16. The fraction of sp³-hybridized carbons (Fsp3) is 0.389. The molecule has 5 nitrogen and oxygen atoms in total. The SMILES string of the molecule is CC(C)[C@@H](NC(=O)/C=C/c1cccc(Cl)c1)c1nnc2n1CCC2. The molecule has 1 N–H and O–H groups in total. The van der Waals surface area contributed by atoms with Gasteiger partial charge in [-0.2, -0.15) is 0 Å². The number of rotatable bonds is 5. The average Bonchev–Trinajstić information content (AvgIpc) is 3.14. The summed E-state index contributed by atoms with van der Waals surface area (Å²) in [5.74, 6) is 1.94. The highest BCUT2D eigenvalue weighted by molar-refractivity contribution is 6.30. The number of amides is 1. The van der Waals surface area contributed by atoms with E-state index in [0.717, 1.165) is 36.6 Å². The van der Waals surface area contributed by atoms with Crippen LogP contribution in [0.4, 0.5) is 0 Å². The maximum Gasteiger partial charge on any atom is 0.244 e. The molecule has 0 fully saturated rings. The summed E-state index contributed by atoms with van der Waals surface area (Å²) in [6.45, 7) is 5.07. The van der Waals surface area contributed by atoms with Crippen LogP contribution in [0.25, 0.3) is 6.08 Å². The zero-order valence-corrected chi connectivity index (χ0v) is 14.6. The van der Waals surface area contributed by atoms with Gasteiger partial charge in [0.15, 0.2) is 5.82 Å². The van der Waals surface area contributed by atoms with Gasteiger partial charge in [0.25, 0.3) is 0 Å². The highest BCUT2D eigenvalue weighted by atomic mass is 35.5. The van der Waals surface area contributed by atoms with Crippen molar-refractivity contribution in [2.24, 2.45) is 5.92 Å². The van der Waals surface area contributed by atoms with Gasteiger partial charge in [-0.25, -0.2) is 0 Å². The molecular weight excluding hydrogens is 324 g/mol. The van der Waals surface area contributed by atoms with Crippen LogP contribution in [-0.2, 0) is 17.8 Å². The van der Waals surface area contributed by atoms with E-state index in [9.17, 15) is 4.79 Å². The van der Waals surface area contributed by atoms with Crippen molar-refractivity contribution in [3.05, 3.63) is 52.6 Å². The number of aryl methyl sites for hydroxylation is 1. The van der Waals surface area contributed by atoms with Gasteiger partial charge in [0.1, 0.15) is 5.82 Å². The van der Waals surface area contributed by atoms with Crippen molar-refractivity contribution < 1.29 is 4.79 Å². The fourth-order valence-corrected chi connectivity index (χ4v) is 3.11. The molecule has 1 aromatic heterocycles. The molecule has 6 heteroatoms. The summed E-state index contributed by atoms with van der Waals surface area (Å²) < 4.78 is 2.13. The zero-order chi connectivity index (χ0) is 17.1. The van der Waals surface area contributed by atoms with Gasteiger partial charge in [0.05, 0.1) is 6.04 Å². The Kier molecular flexibility index (Phi) is 5.00. The molecule has 126 valence electrons. The fourth-order valence-electron chi connectivity index (χ4n) is 2.92. The van der Waals surface area contributed by atoms with Gasteiger partial charge in [-0.05, 0) is 36.1 Å². The summed E-state index contributed by atoms with van der Waals surface area (Å²) in [4.78, 5) is 12.3. The first-order valence-corrected chi connectivity index (χ1v) is 8.58. The molecule has 0 radical (unpaired) electrons. The van der Waals surface area contributed by atoms with E-state index >= 15 is 0 Å². The molecule has 0 saturated carbocycles. The number of halogens is 1. The van der Waals surface area contributed by atoms with Crippen LogP contribution in [0.1, 0.15) is 43.5 Å². The minimum absolute atomic E-state index is 0.149. The first kappa shape index (κ1) is 16.7. The maximum atomic E-state index is 12.3. The molecule has 0 spiro atoms. The van der Waals surface area contributed by atoms with Crippen LogP contribution >= 0.6 is 11.6 Å². The van der Waals surface area contributed by atoms with Crippen molar-refractivity contribution in [2.75, 3.05) is 0 Å². The van der Waals surface area contributed by atoms with Gasteiger partial charge in [-0.15, -0.1) is 10.2 Å². The largest absolute Gasteiger partial charge is 0.342 e. The van der Waals surface area contributed by atoms with E-state index in [0.29, 0.717) is 5.02 Å². The second-order valence-electron chi connectivity index (χ2n) is 6.35. The van der Waals surface area contributed by atoms with Gasteiger partial charge >= 0.3 is 0 Å². The van der Waals surface area contributed by atoms with Crippen LogP contribution in [0.5, 0.6) is 0 Å². The molecule has 1 atom stereocenters. The van der Waals surface area contributed by atoms with Crippen molar-refractivity contribution in [1.29, 1.82) is 0 Å². The molecule has 1 aliphatic rings. The monoisotopic (exact) mass is 344 g/mol. The Hall–Kier alpha value is -2.14. The average molecular weight is 345 g/mol. The van der Waals surface area contributed by atoms with E-state index in [-0.39, 0.29) is 17.9 Å². The third-order valence-corrected chi connectivity index (χ3v) is 4.39. The molecule has 0 bridgehead atoms. The Labute approximate surface area is 146 Å². The number of aromatic nitrogens is 3. The smallest absolute Gasteiger partial charge is 0.244 e. The Morgan fingerprint density at radius 1 is 1.38 bits per heavy atom. The van der Waals surface area contributed by atoms with Crippen LogP contribution in [0.15, 0.2) is 30.3 Å². The van der Waals surface area contributed by atoms with Gasteiger partial charge in [0, 0.05) is 24.1 Å². The Balaban J connectivity index is 1.72. The molecule has 2 heterocycles. The summed E-state index contributed by atoms with van der Waals surface area (Å²) in [7, 11) is 0. The number of fused-ring (bicyclic) bond motifs is 1. The molecule has 2 aromatic rings. The number of nitrogens with one attached hydrogen (secondary N) is 1. The number of hydrogen-bond acceptors (Lipinski definition) is 3. The summed E-state index contributed by atoms with van der Waals surface area (Å²) >= 11 is 5.96. The zero-order valence-electron chi connectivity index (χ0n) is 13.9. The molecule has 0 aliphatic carbocycles. The number of hydrogen-bond donors (Lipinski definition) is 1. The molecule has 1 aromatic carbocycles. The van der Waals surface area contributed by atoms with Crippen molar-refractivity contribution in [2.45, 2.75) is 39.3 Å². The van der Waals surface area contributed by atoms with Crippen molar-refractivity contribution in [3.63, 3.8) is 0 Å². The predicted octanol–water partition coefficient (Wildman–Crippen LogP) is 3.40. The summed E-state index contributed by atoms with van der Waals surface area (Å²) in [5, 5.41) is 12.2. The number of nitrogens with zero attached hydrogens (tertiary/aromatic N) is 3. The van der Waals surface area contributed by atoms with Crippen LogP contribution < -0.4 is 5.32 Å². The minimum Gasteiger partial charge on any atom is -0.342 e. The Bertz CT molecular complexity index is 766. The maximum absolute atomic E-state index is 12.3. The topological polar surface area (TPSA) is 59.8 Å². The lowest BCUT2D eigenvalue weighted by Gasteiger charge is -2.21. The molecule has 3 rings (SSSR count). The van der Waals surface area contributed by atoms with E-state index in [1.807, 2.05) is 18.2 Å². The van der Waals surface area contributed by atoms with E-state index in [4.69, 9.17) is 11.6 Å². The normalized spacial score (nSPS) is 15.0. The molecule has 24 heavy (non-hydrogen) atoms. The summed E-state index contributed by atoms with van der Waals surface area (Å²) in [6.07, 6.45) is 5.33.